The second-order valence-corrected chi connectivity index (χ2v) is 5.17. The molecule has 3 rings (SSSR count). The first kappa shape index (κ1) is 15.8. The summed E-state index contributed by atoms with van der Waals surface area (Å²) in [5.41, 5.74) is 0.900. The Bertz CT molecular complexity index is 922. The number of benzene rings is 2. The van der Waals surface area contributed by atoms with E-state index in [1.807, 2.05) is 0 Å². The minimum atomic E-state index is -0.471. The van der Waals surface area contributed by atoms with Crippen molar-refractivity contribution in [2.75, 3.05) is 0 Å². The van der Waals surface area contributed by atoms with Crippen molar-refractivity contribution in [1.29, 1.82) is 0 Å². The summed E-state index contributed by atoms with van der Waals surface area (Å²) < 4.78 is 19.0. The zero-order chi connectivity index (χ0) is 16.9. The summed E-state index contributed by atoms with van der Waals surface area (Å²) in [4.78, 5) is 24.0. The first-order valence-corrected chi connectivity index (χ1v) is 7.36. The molecule has 0 radical (unpaired) electrons. The highest BCUT2D eigenvalue weighted by Crippen LogP contribution is 2.06. The molecule has 24 heavy (non-hydrogen) atoms. The highest BCUT2D eigenvalue weighted by atomic mass is 19.1. The lowest BCUT2D eigenvalue weighted by molar-refractivity contribution is -0.145. The van der Waals surface area contributed by atoms with Gasteiger partial charge in [-0.15, -0.1) is 5.10 Å². The van der Waals surface area contributed by atoms with Crippen LogP contribution in [0, 0.1) is 5.82 Å². The number of rotatable bonds is 5. The van der Waals surface area contributed by atoms with Crippen molar-refractivity contribution in [2.45, 2.75) is 19.6 Å². The zero-order valence-corrected chi connectivity index (χ0v) is 12.7. The van der Waals surface area contributed by atoms with Crippen LogP contribution in [-0.4, -0.2) is 21.0 Å². The van der Waals surface area contributed by atoms with Crippen molar-refractivity contribution in [3.8, 4) is 0 Å². The summed E-state index contributed by atoms with van der Waals surface area (Å²) in [6.07, 6.45) is -0.00583. The summed E-state index contributed by atoms with van der Waals surface area (Å²) in [5, 5.41) is 8.21. The van der Waals surface area contributed by atoms with Crippen molar-refractivity contribution in [1.82, 2.24) is 15.0 Å². The van der Waals surface area contributed by atoms with Crippen molar-refractivity contribution < 1.29 is 13.9 Å². The van der Waals surface area contributed by atoms with Gasteiger partial charge >= 0.3 is 5.97 Å². The molecule has 1 heterocycles. The van der Waals surface area contributed by atoms with Gasteiger partial charge in [-0.2, -0.15) is 0 Å². The molecular formula is C17H14FN3O3. The lowest BCUT2D eigenvalue weighted by atomic mass is 10.2. The zero-order valence-electron chi connectivity index (χ0n) is 12.7. The number of fused-ring (bicyclic) bond motifs is 1. The van der Waals surface area contributed by atoms with Gasteiger partial charge in [-0.25, -0.2) is 9.07 Å². The van der Waals surface area contributed by atoms with Gasteiger partial charge in [0, 0.05) is 0 Å². The number of ether oxygens (including phenoxy) is 1. The van der Waals surface area contributed by atoms with Crippen LogP contribution >= 0.6 is 0 Å². The van der Waals surface area contributed by atoms with Crippen LogP contribution < -0.4 is 5.56 Å². The summed E-state index contributed by atoms with van der Waals surface area (Å²) >= 11 is 0. The van der Waals surface area contributed by atoms with E-state index < -0.39 is 5.97 Å². The number of esters is 1. The molecule has 6 nitrogen and oxygen atoms in total. The monoisotopic (exact) mass is 327 g/mol. The van der Waals surface area contributed by atoms with Crippen LogP contribution in [0.5, 0.6) is 0 Å². The number of carbonyl (C=O) groups excluding carboxylic acids is 1. The van der Waals surface area contributed by atoms with Gasteiger partial charge < -0.3 is 4.74 Å². The fourth-order valence-electron chi connectivity index (χ4n) is 2.18. The summed E-state index contributed by atoms with van der Waals surface area (Å²) in [7, 11) is 0. The molecule has 0 saturated heterocycles. The first-order chi connectivity index (χ1) is 11.6. The molecule has 0 atom stereocenters. The van der Waals surface area contributed by atoms with Crippen LogP contribution in [0.3, 0.4) is 0 Å². The Kier molecular flexibility index (Phi) is 4.60. The number of aromatic nitrogens is 3. The first-order valence-electron chi connectivity index (χ1n) is 7.36. The molecule has 0 spiro atoms. The maximum atomic E-state index is 12.8. The average Bonchev–Trinajstić information content (AvgIpc) is 2.61. The molecule has 3 aromatic rings. The SMILES string of the molecule is O=C(CCn1nnc2ccccc2c1=O)OCc1ccc(F)cc1. The van der Waals surface area contributed by atoms with E-state index in [4.69, 9.17) is 4.74 Å². The Morgan fingerprint density at radius 1 is 1.12 bits per heavy atom. The van der Waals surface area contributed by atoms with E-state index in [0.717, 1.165) is 4.68 Å². The molecular weight excluding hydrogens is 313 g/mol. The van der Waals surface area contributed by atoms with Crippen molar-refractivity contribution in [3.63, 3.8) is 0 Å². The number of hydrogen-bond donors (Lipinski definition) is 0. The van der Waals surface area contributed by atoms with E-state index >= 15 is 0 Å². The predicted molar refractivity (Wildman–Crippen MR) is 84.6 cm³/mol. The largest absolute Gasteiger partial charge is 0.461 e. The molecule has 0 amide bonds. The highest BCUT2D eigenvalue weighted by Gasteiger charge is 2.08. The van der Waals surface area contributed by atoms with Crippen LogP contribution in [0.1, 0.15) is 12.0 Å². The third-order valence-electron chi connectivity index (χ3n) is 3.47. The van der Waals surface area contributed by atoms with E-state index in [1.165, 1.54) is 12.1 Å². The number of carbonyl (C=O) groups is 1. The van der Waals surface area contributed by atoms with E-state index in [0.29, 0.717) is 16.5 Å². The van der Waals surface area contributed by atoms with E-state index in [2.05, 4.69) is 10.3 Å². The Balaban J connectivity index is 1.59. The van der Waals surface area contributed by atoms with Gasteiger partial charge in [0.25, 0.3) is 5.56 Å². The molecule has 0 aliphatic carbocycles. The fraction of sp³-hybridized carbons (Fsp3) is 0.176. The second kappa shape index (κ2) is 6.99. The molecule has 0 bridgehead atoms. The van der Waals surface area contributed by atoms with Crippen LogP contribution in [-0.2, 0) is 22.7 Å². The van der Waals surface area contributed by atoms with Crippen LogP contribution in [0.4, 0.5) is 4.39 Å². The highest BCUT2D eigenvalue weighted by molar-refractivity contribution is 5.76. The quantitative estimate of drug-likeness (QED) is 0.671. The number of hydrogen-bond acceptors (Lipinski definition) is 5. The predicted octanol–water partition coefficient (Wildman–Crippen LogP) is 2.06. The molecule has 0 aliphatic rings. The number of nitrogens with zero attached hydrogens (tertiary/aromatic N) is 3. The van der Waals surface area contributed by atoms with Crippen LogP contribution in [0.25, 0.3) is 10.9 Å². The van der Waals surface area contributed by atoms with Gasteiger partial charge in [0.05, 0.1) is 18.4 Å². The van der Waals surface area contributed by atoms with Gasteiger partial charge in [-0.1, -0.05) is 29.5 Å². The molecule has 7 heteroatoms. The van der Waals surface area contributed by atoms with Gasteiger partial charge in [-0.3, -0.25) is 9.59 Å². The van der Waals surface area contributed by atoms with Gasteiger partial charge in [0.2, 0.25) is 0 Å². The number of halogens is 1. The van der Waals surface area contributed by atoms with Gasteiger partial charge in [0.15, 0.2) is 0 Å². The van der Waals surface area contributed by atoms with Crippen LogP contribution in [0.2, 0.25) is 0 Å². The summed E-state index contributed by atoms with van der Waals surface area (Å²) in [5.74, 6) is -0.819. The average molecular weight is 327 g/mol. The Labute approximate surface area is 136 Å². The van der Waals surface area contributed by atoms with Crippen molar-refractivity contribution in [3.05, 3.63) is 70.3 Å². The van der Waals surface area contributed by atoms with Gasteiger partial charge in [0.1, 0.15) is 17.9 Å². The minimum absolute atomic E-state index is 0.00583. The Morgan fingerprint density at radius 2 is 1.88 bits per heavy atom. The maximum absolute atomic E-state index is 12.8. The van der Waals surface area contributed by atoms with Crippen molar-refractivity contribution >= 4 is 16.9 Å². The van der Waals surface area contributed by atoms with Crippen molar-refractivity contribution in [2.24, 2.45) is 0 Å². The lowest BCUT2D eigenvalue weighted by Gasteiger charge is -2.06. The van der Waals surface area contributed by atoms with E-state index in [9.17, 15) is 14.0 Å². The molecule has 0 saturated carbocycles. The number of aryl methyl sites for hydroxylation is 1. The molecule has 0 unspecified atom stereocenters. The molecule has 2 aromatic carbocycles. The lowest BCUT2D eigenvalue weighted by Crippen LogP contribution is -2.25. The molecule has 0 aliphatic heterocycles. The van der Waals surface area contributed by atoms with E-state index in [1.54, 1.807) is 36.4 Å². The molecule has 122 valence electrons. The molecule has 1 aromatic heterocycles. The standard InChI is InChI=1S/C17H14FN3O3/c18-13-7-5-12(6-8-13)11-24-16(22)9-10-21-17(23)14-3-1-2-4-15(14)19-20-21/h1-8H,9-11H2. The smallest absolute Gasteiger partial charge is 0.308 e. The molecule has 0 fully saturated rings. The Morgan fingerprint density at radius 3 is 2.67 bits per heavy atom. The summed E-state index contributed by atoms with van der Waals surface area (Å²) in [6, 6.07) is 12.6. The molecule has 0 N–H and O–H groups in total. The van der Waals surface area contributed by atoms with Gasteiger partial charge in [-0.05, 0) is 29.8 Å². The minimum Gasteiger partial charge on any atom is -0.461 e. The van der Waals surface area contributed by atoms with Crippen LogP contribution in [0.15, 0.2) is 53.3 Å². The normalized spacial score (nSPS) is 10.7. The topological polar surface area (TPSA) is 74.1 Å². The summed E-state index contributed by atoms with van der Waals surface area (Å²) in [6.45, 7) is 0.135. The second-order valence-electron chi connectivity index (χ2n) is 5.17. The fourth-order valence-corrected chi connectivity index (χ4v) is 2.18. The maximum Gasteiger partial charge on any atom is 0.308 e. The third kappa shape index (κ3) is 3.62. The Hall–Kier alpha value is -3.09. The third-order valence-corrected chi connectivity index (χ3v) is 3.47. The van der Waals surface area contributed by atoms with E-state index in [-0.39, 0.29) is 30.9 Å².